The van der Waals surface area contributed by atoms with Crippen molar-refractivity contribution in [2.45, 2.75) is 83.3 Å². The van der Waals surface area contributed by atoms with Crippen molar-refractivity contribution in [2.75, 3.05) is 0 Å². The van der Waals surface area contributed by atoms with Gasteiger partial charge in [-0.05, 0) is 60.7 Å². The molecule has 0 saturated heterocycles. The van der Waals surface area contributed by atoms with Crippen molar-refractivity contribution in [1.82, 2.24) is 26.6 Å². The third-order valence-corrected chi connectivity index (χ3v) is 7.54. The van der Waals surface area contributed by atoms with Gasteiger partial charge in [0, 0.05) is 32.5 Å². The van der Waals surface area contributed by atoms with Crippen molar-refractivity contribution in [3.8, 4) is 6.07 Å². The highest BCUT2D eigenvalue weighted by Gasteiger charge is 2.39. The van der Waals surface area contributed by atoms with E-state index in [1.807, 2.05) is 6.07 Å². The summed E-state index contributed by atoms with van der Waals surface area (Å²) >= 11 is 0. The van der Waals surface area contributed by atoms with Gasteiger partial charge in [0.25, 0.3) is 0 Å². The van der Waals surface area contributed by atoms with E-state index in [4.69, 9.17) is 10.00 Å². The van der Waals surface area contributed by atoms with Gasteiger partial charge in [0.2, 0.25) is 11.8 Å². The Morgan fingerprint density at radius 3 is 1.33 bits per heavy atom. The van der Waals surface area contributed by atoms with Crippen LogP contribution in [0.1, 0.15) is 54.2 Å². The zero-order valence-electron chi connectivity index (χ0n) is 29.8. The quantitative estimate of drug-likeness (QED) is 0.151. The van der Waals surface area contributed by atoms with Crippen LogP contribution in [0.15, 0.2) is 72.8 Å². The molecule has 0 aliphatic carbocycles. The SMILES string of the molecule is CC(C)(C)OC(=O)NC(Cc1ccc(CNC(=O)C(F)(F)F)cc1)C(=O)NC(Cc1ccc(CNC(=O)C(F)(F)F)cc1)C(=O)NCc1ccc(C#N)cc1. The summed E-state index contributed by atoms with van der Waals surface area (Å²) in [5.41, 5.74) is 1.62. The fourth-order valence-corrected chi connectivity index (χ4v) is 4.77. The zero-order chi connectivity index (χ0) is 41.0. The molecule has 18 heteroatoms. The summed E-state index contributed by atoms with van der Waals surface area (Å²) in [6, 6.07) is 17.4. The van der Waals surface area contributed by atoms with Crippen LogP contribution in [-0.2, 0) is 56.4 Å². The van der Waals surface area contributed by atoms with E-state index in [2.05, 4.69) is 16.0 Å². The molecule has 0 spiro atoms. The summed E-state index contributed by atoms with van der Waals surface area (Å²) in [4.78, 5) is 62.6. The molecule has 0 radical (unpaired) electrons. The number of hydrogen-bond donors (Lipinski definition) is 5. The number of amides is 5. The van der Waals surface area contributed by atoms with E-state index in [0.29, 0.717) is 33.4 Å². The number of halogens is 6. The Hall–Kier alpha value is -6.12. The van der Waals surface area contributed by atoms with Gasteiger partial charge >= 0.3 is 30.3 Å². The number of carbonyl (C=O) groups excluding carboxylic acids is 5. The van der Waals surface area contributed by atoms with Crippen molar-refractivity contribution in [3.63, 3.8) is 0 Å². The van der Waals surface area contributed by atoms with Crippen LogP contribution in [0.3, 0.4) is 0 Å². The summed E-state index contributed by atoms with van der Waals surface area (Å²) in [5.74, 6) is -5.70. The second kappa shape index (κ2) is 18.8. The van der Waals surface area contributed by atoms with E-state index in [0.717, 1.165) is 0 Å². The molecule has 2 unspecified atom stereocenters. The van der Waals surface area contributed by atoms with Gasteiger partial charge in [-0.15, -0.1) is 0 Å². The highest BCUT2D eigenvalue weighted by molar-refractivity contribution is 5.91. The molecule has 55 heavy (non-hydrogen) atoms. The normalized spacial score (nSPS) is 12.7. The Bertz CT molecular complexity index is 1850. The molecule has 0 bridgehead atoms. The molecule has 0 saturated carbocycles. The minimum atomic E-state index is -5.06. The first-order valence-corrected chi connectivity index (χ1v) is 16.6. The van der Waals surface area contributed by atoms with Gasteiger partial charge in [0.05, 0.1) is 11.6 Å². The first-order chi connectivity index (χ1) is 25.6. The van der Waals surface area contributed by atoms with Gasteiger partial charge in [0.1, 0.15) is 17.7 Å². The van der Waals surface area contributed by atoms with Crippen molar-refractivity contribution in [2.24, 2.45) is 0 Å². The topological polar surface area (TPSA) is 179 Å². The summed E-state index contributed by atoms with van der Waals surface area (Å²) in [6.07, 6.45) is -11.4. The monoisotopic (exact) mass is 776 g/mol. The second-order valence-electron chi connectivity index (χ2n) is 13.2. The molecular weight excluding hydrogens is 738 g/mol. The number of benzene rings is 3. The van der Waals surface area contributed by atoms with Crippen molar-refractivity contribution < 1.29 is 55.1 Å². The summed E-state index contributed by atoms with van der Waals surface area (Å²) in [6.45, 7) is 3.95. The molecule has 0 aliphatic heterocycles. The van der Waals surface area contributed by atoms with Crippen LogP contribution in [0.4, 0.5) is 31.1 Å². The van der Waals surface area contributed by atoms with E-state index in [9.17, 15) is 50.3 Å². The van der Waals surface area contributed by atoms with Crippen LogP contribution in [-0.4, -0.2) is 59.8 Å². The van der Waals surface area contributed by atoms with E-state index in [-0.39, 0.29) is 19.4 Å². The standard InChI is InChI=1S/C37H38F6N6O6/c1-35(2,3)55-34(54)49-29(17-23-6-12-27(13-7-23)21-47-33(53)37(41,42)43)31(51)48-28(30(50)45-19-25-14-8-24(18-44)9-15-25)16-22-4-10-26(11-5-22)20-46-32(52)36(38,39)40/h4-15,28-29H,16-17,19-21H2,1-3H3,(H,45,50)(H,46,52)(H,47,53)(H,48,51)(H,49,54). The summed E-state index contributed by atoms with van der Waals surface area (Å²) in [7, 11) is 0. The van der Waals surface area contributed by atoms with E-state index < -0.39 is 72.8 Å². The number of rotatable bonds is 14. The molecule has 0 heterocycles. The Labute approximate surface area is 312 Å². The molecule has 2 atom stereocenters. The van der Waals surface area contributed by atoms with Crippen LogP contribution in [0.2, 0.25) is 0 Å². The Balaban J connectivity index is 1.83. The first kappa shape index (κ1) is 43.3. The number of hydrogen-bond acceptors (Lipinski definition) is 7. The summed E-state index contributed by atoms with van der Waals surface area (Å²) in [5, 5.41) is 20.4. The lowest BCUT2D eigenvalue weighted by Gasteiger charge is -2.25. The largest absolute Gasteiger partial charge is 0.471 e. The average Bonchev–Trinajstić information content (AvgIpc) is 3.10. The van der Waals surface area contributed by atoms with Gasteiger partial charge in [-0.1, -0.05) is 60.7 Å². The third kappa shape index (κ3) is 15.0. The fourth-order valence-electron chi connectivity index (χ4n) is 4.77. The molecule has 294 valence electrons. The number of nitriles is 1. The van der Waals surface area contributed by atoms with Crippen LogP contribution < -0.4 is 26.6 Å². The lowest BCUT2D eigenvalue weighted by molar-refractivity contribution is -0.173. The van der Waals surface area contributed by atoms with Crippen LogP contribution >= 0.6 is 0 Å². The molecule has 0 aromatic heterocycles. The van der Waals surface area contributed by atoms with Crippen molar-refractivity contribution in [3.05, 3.63) is 106 Å². The molecule has 0 fully saturated rings. The van der Waals surface area contributed by atoms with Crippen LogP contribution in [0.5, 0.6) is 0 Å². The molecule has 5 amide bonds. The predicted octanol–water partition coefficient (Wildman–Crippen LogP) is 4.39. The smallest absolute Gasteiger partial charge is 0.444 e. The number of ether oxygens (including phenoxy) is 1. The Morgan fingerprint density at radius 1 is 0.582 bits per heavy atom. The van der Waals surface area contributed by atoms with E-state index in [1.54, 1.807) is 55.7 Å². The zero-order valence-corrected chi connectivity index (χ0v) is 29.8. The molecule has 12 nitrogen and oxygen atoms in total. The molecule has 0 aliphatic rings. The fraction of sp³-hybridized carbons (Fsp3) is 0.351. The highest BCUT2D eigenvalue weighted by atomic mass is 19.4. The van der Waals surface area contributed by atoms with Crippen LogP contribution in [0.25, 0.3) is 0 Å². The maximum atomic E-state index is 13.8. The highest BCUT2D eigenvalue weighted by Crippen LogP contribution is 2.17. The van der Waals surface area contributed by atoms with Crippen molar-refractivity contribution >= 4 is 29.7 Å². The first-order valence-electron chi connectivity index (χ1n) is 16.6. The van der Waals surface area contributed by atoms with Crippen LogP contribution in [0, 0.1) is 11.3 Å². The number of nitrogens with one attached hydrogen (secondary N) is 5. The van der Waals surface area contributed by atoms with E-state index >= 15 is 0 Å². The summed E-state index contributed by atoms with van der Waals surface area (Å²) < 4.78 is 80.8. The second-order valence-corrected chi connectivity index (χ2v) is 13.2. The molecular formula is C37H38F6N6O6. The van der Waals surface area contributed by atoms with Gasteiger partial charge in [-0.3, -0.25) is 19.2 Å². The number of alkyl halides is 6. The van der Waals surface area contributed by atoms with Gasteiger partial charge in [-0.2, -0.15) is 31.6 Å². The van der Waals surface area contributed by atoms with Gasteiger partial charge < -0.3 is 31.3 Å². The lowest BCUT2D eigenvalue weighted by atomic mass is 10.0. The number of alkyl carbamates (subject to hydrolysis) is 1. The third-order valence-electron chi connectivity index (χ3n) is 7.54. The minimum absolute atomic E-state index is 0.00408. The molecule has 3 aromatic rings. The number of nitrogens with zero attached hydrogens (tertiary/aromatic N) is 1. The number of carbonyl (C=O) groups is 5. The van der Waals surface area contributed by atoms with E-state index in [1.165, 1.54) is 48.5 Å². The Morgan fingerprint density at radius 2 is 0.945 bits per heavy atom. The minimum Gasteiger partial charge on any atom is -0.444 e. The van der Waals surface area contributed by atoms with Gasteiger partial charge in [0.15, 0.2) is 0 Å². The molecule has 3 aromatic carbocycles. The maximum absolute atomic E-state index is 13.8. The predicted molar refractivity (Wildman–Crippen MR) is 184 cm³/mol. The molecule has 3 rings (SSSR count). The maximum Gasteiger partial charge on any atom is 0.471 e. The Kier molecular flexibility index (Phi) is 14.8. The van der Waals surface area contributed by atoms with Gasteiger partial charge in [-0.25, -0.2) is 4.79 Å². The van der Waals surface area contributed by atoms with Crippen molar-refractivity contribution in [1.29, 1.82) is 5.26 Å². The lowest BCUT2D eigenvalue weighted by Crippen LogP contribution is -2.55. The molecule has 5 N–H and O–H groups in total. The average molecular weight is 777 g/mol.